The van der Waals surface area contributed by atoms with E-state index in [0.29, 0.717) is 30.8 Å². The molecule has 2 amide bonds. The van der Waals surface area contributed by atoms with Crippen LogP contribution in [0.4, 0.5) is 5.69 Å². The Hall–Kier alpha value is -3.15. The summed E-state index contributed by atoms with van der Waals surface area (Å²) in [6.45, 7) is 3.45. The van der Waals surface area contributed by atoms with Crippen molar-refractivity contribution in [2.24, 2.45) is 17.8 Å². The van der Waals surface area contributed by atoms with Gasteiger partial charge in [0.25, 0.3) is 5.91 Å². The lowest BCUT2D eigenvalue weighted by Crippen LogP contribution is -2.26. The number of anilines is 1. The number of nitrogens with zero attached hydrogens (tertiary/aromatic N) is 2. The molecule has 1 aliphatic carbocycles. The van der Waals surface area contributed by atoms with Crippen molar-refractivity contribution < 1.29 is 9.59 Å². The van der Waals surface area contributed by atoms with E-state index >= 15 is 0 Å². The highest BCUT2D eigenvalue weighted by atomic mass is 16.2. The van der Waals surface area contributed by atoms with Crippen LogP contribution in [-0.2, 0) is 11.3 Å². The molecule has 148 valence electrons. The topological polar surface area (TPSA) is 74.3 Å². The van der Waals surface area contributed by atoms with Gasteiger partial charge >= 0.3 is 0 Å². The second-order valence-corrected chi connectivity index (χ2v) is 8.12. The van der Waals surface area contributed by atoms with Crippen LogP contribution in [0.15, 0.2) is 48.8 Å². The van der Waals surface area contributed by atoms with E-state index in [4.69, 9.17) is 0 Å². The summed E-state index contributed by atoms with van der Waals surface area (Å²) < 4.78 is 0. The predicted molar refractivity (Wildman–Crippen MR) is 111 cm³/mol. The minimum absolute atomic E-state index is 0.0393. The smallest absolute Gasteiger partial charge is 0.251 e. The third-order valence-electron chi connectivity index (χ3n) is 6.40. The van der Waals surface area contributed by atoms with Crippen LogP contribution in [0.1, 0.15) is 27.9 Å². The van der Waals surface area contributed by atoms with E-state index in [0.717, 1.165) is 41.9 Å². The lowest BCUT2D eigenvalue weighted by molar-refractivity contribution is -0.116. The van der Waals surface area contributed by atoms with Crippen molar-refractivity contribution in [3.05, 3.63) is 65.5 Å². The average Bonchev–Trinajstić information content (AvgIpc) is 3.07. The molecule has 3 heterocycles. The lowest BCUT2D eigenvalue weighted by Gasteiger charge is -2.22. The Morgan fingerprint density at radius 1 is 1.28 bits per heavy atom. The Bertz CT molecular complexity index is 960. The Labute approximate surface area is 170 Å². The molecule has 3 atom stereocenters. The van der Waals surface area contributed by atoms with Gasteiger partial charge in [0.1, 0.15) is 0 Å². The summed E-state index contributed by atoms with van der Waals surface area (Å²) >= 11 is 0. The molecule has 1 saturated carbocycles. The zero-order valence-corrected chi connectivity index (χ0v) is 16.2. The van der Waals surface area contributed by atoms with E-state index in [9.17, 15) is 9.59 Å². The number of nitrogens with one attached hydrogen (secondary N) is 2. The molecule has 29 heavy (non-hydrogen) atoms. The molecule has 0 spiro atoms. The summed E-state index contributed by atoms with van der Waals surface area (Å²) in [7, 11) is 0. The van der Waals surface area contributed by atoms with Crippen molar-refractivity contribution in [1.29, 1.82) is 0 Å². The van der Waals surface area contributed by atoms with Gasteiger partial charge in [-0.3, -0.25) is 14.6 Å². The van der Waals surface area contributed by atoms with Crippen LogP contribution >= 0.6 is 0 Å². The van der Waals surface area contributed by atoms with Crippen LogP contribution in [0.25, 0.3) is 6.08 Å². The van der Waals surface area contributed by atoms with Crippen LogP contribution in [-0.4, -0.2) is 36.4 Å². The maximum atomic E-state index is 12.0. The second kappa shape index (κ2) is 7.35. The number of pyridine rings is 1. The zero-order chi connectivity index (χ0) is 19.8. The van der Waals surface area contributed by atoms with Crippen LogP contribution in [0, 0.1) is 17.8 Å². The Kier molecular flexibility index (Phi) is 4.54. The maximum Gasteiger partial charge on any atom is 0.251 e. The Morgan fingerprint density at radius 2 is 2.14 bits per heavy atom. The molecule has 6 heteroatoms. The number of hydrogen-bond acceptors (Lipinski definition) is 4. The van der Waals surface area contributed by atoms with Gasteiger partial charge in [0, 0.05) is 55.9 Å². The monoisotopic (exact) mass is 388 g/mol. The van der Waals surface area contributed by atoms with E-state index < -0.39 is 0 Å². The van der Waals surface area contributed by atoms with Gasteiger partial charge in [0.2, 0.25) is 5.91 Å². The van der Waals surface area contributed by atoms with Crippen molar-refractivity contribution >= 4 is 23.6 Å². The van der Waals surface area contributed by atoms with Gasteiger partial charge in [-0.2, -0.15) is 0 Å². The number of rotatable bonds is 6. The van der Waals surface area contributed by atoms with Gasteiger partial charge in [-0.05, 0) is 59.6 Å². The average molecular weight is 388 g/mol. The summed E-state index contributed by atoms with van der Waals surface area (Å²) in [5, 5.41) is 5.86. The highest BCUT2D eigenvalue weighted by molar-refractivity contribution is 5.99. The minimum atomic E-state index is -0.0577. The molecule has 6 nitrogen and oxygen atoms in total. The molecule has 3 aliphatic rings. The fourth-order valence-corrected chi connectivity index (χ4v) is 4.75. The summed E-state index contributed by atoms with van der Waals surface area (Å²) in [5.74, 6) is 2.10. The van der Waals surface area contributed by atoms with Gasteiger partial charge in [0.05, 0.1) is 0 Å². The number of hydrogen-bond donors (Lipinski definition) is 2. The number of carbonyl (C=O) groups is 2. The number of piperidine rings is 1. The van der Waals surface area contributed by atoms with Crippen molar-refractivity contribution in [3.8, 4) is 0 Å². The summed E-state index contributed by atoms with van der Waals surface area (Å²) in [6.07, 6.45) is 7.82. The predicted octanol–water partition coefficient (Wildman–Crippen LogP) is 2.23. The number of carbonyl (C=O) groups excluding carboxylic acids is 2. The molecule has 1 aromatic heterocycles. The summed E-state index contributed by atoms with van der Waals surface area (Å²) in [6, 6.07) is 10.0. The fourth-order valence-electron chi connectivity index (χ4n) is 4.75. The third-order valence-corrected chi connectivity index (χ3v) is 6.40. The van der Waals surface area contributed by atoms with Crippen LogP contribution in [0.2, 0.25) is 0 Å². The fraction of sp³-hybridized carbons (Fsp3) is 0.348. The van der Waals surface area contributed by atoms with Gasteiger partial charge < -0.3 is 15.5 Å². The standard InChI is InChI=1S/C23H24N4O2/c28-22(6-3-15-2-1-8-24-11-15)25-9-7-18-20-13-27(14-21(18)20)17-5-4-16-12-26-23(29)19(16)10-17/h1-6,8,10-11,18,20-21H,7,9,12-14H2,(H,25,28)(H,26,29)/b6-3+/t18?,20-,21+. The normalized spacial score (nSPS) is 24.3. The largest absolute Gasteiger partial charge is 0.371 e. The van der Waals surface area contributed by atoms with Crippen LogP contribution in [0.5, 0.6) is 0 Å². The second-order valence-electron chi connectivity index (χ2n) is 8.12. The van der Waals surface area contributed by atoms with Gasteiger partial charge in [0.15, 0.2) is 0 Å². The number of amides is 2. The van der Waals surface area contributed by atoms with Crippen molar-refractivity contribution in [3.63, 3.8) is 0 Å². The quantitative estimate of drug-likeness (QED) is 0.745. The zero-order valence-electron chi connectivity index (χ0n) is 16.2. The molecule has 2 N–H and O–H groups in total. The first-order chi connectivity index (χ1) is 14.2. The first-order valence-corrected chi connectivity index (χ1v) is 10.2. The molecule has 2 aliphatic heterocycles. The van der Waals surface area contributed by atoms with E-state index in [1.807, 2.05) is 18.2 Å². The first-order valence-electron chi connectivity index (χ1n) is 10.2. The molecule has 0 radical (unpaired) electrons. The van der Waals surface area contributed by atoms with Gasteiger partial charge in [-0.1, -0.05) is 12.1 Å². The van der Waals surface area contributed by atoms with Crippen molar-refractivity contribution in [2.45, 2.75) is 13.0 Å². The van der Waals surface area contributed by atoms with Crippen molar-refractivity contribution in [2.75, 3.05) is 24.5 Å². The van der Waals surface area contributed by atoms with E-state index in [-0.39, 0.29) is 11.8 Å². The highest BCUT2D eigenvalue weighted by Gasteiger charge is 2.54. The summed E-state index contributed by atoms with van der Waals surface area (Å²) in [4.78, 5) is 30.3. The third kappa shape index (κ3) is 3.62. The lowest BCUT2D eigenvalue weighted by atomic mass is 10.1. The number of aromatic nitrogens is 1. The first kappa shape index (κ1) is 17.9. The summed E-state index contributed by atoms with van der Waals surface area (Å²) in [5.41, 5.74) is 3.99. The van der Waals surface area contributed by atoms with E-state index in [2.05, 4.69) is 32.7 Å². The molecule has 2 aromatic rings. The van der Waals surface area contributed by atoms with Crippen LogP contribution in [0.3, 0.4) is 0 Å². The molecule has 2 fully saturated rings. The minimum Gasteiger partial charge on any atom is -0.371 e. The molecular weight excluding hydrogens is 364 g/mol. The number of benzene rings is 1. The van der Waals surface area contributed by atoms with Gasteiger partial charge in [-0.25, -0.2) is 0 Å². The molecule has 1 saturated heterocycles. The molecule has 0 bridgehead atoms. The van der Waals surface area contributed by atoms with Gasteiger partial charge in [-0.15, -0.1) is 0 Å². The van der Waals surface area contributed by atoms with E-state index in [1.54, 1.807) is 24.5 Å². The highest BCUT2D eigenvalue weighted by Crippen LogP contribution is 2.54. The number of fused-ring (bicyclic) bond motifs is 2. The molecular formula is C23H24N4O2. The SMILES string of the molecule is O=C(/C=C/c1cccnc1)NCCC1[C@H]2CN(c3ccc4c(c3)C(=O)NC4)C[C@@H]12. The molecule has 1 aromatic carbocycles. The van der Waals surface area contributed by atoms with E-state index in [1.165, 1.54) is 0 Å². The van der Waals surface area contributed by atoms with Crippen molar-refractivity contribution in [1.82, 2.24) is 15.6 Å². The molecule has 5 rings (SSSR count). The Balaban J connectivity index is 1.07. The molecule has 1 unspecified atom stereocenters. The maximum absolute atomic E-state index is 12.0. The van der Waals surface area contributed by atoms with Crippen LogP contribution < -0.4 is 15.5 Å². The Morgan fingerprint density at radius 3 is 2.93 bits per heavy atom.